The standard InChI is InChI=1S/C31H23OPS3/c32-33(21-10-2-1-3-11-21,28-16-8-14-24-23-12-5-4-9-20(23)17-26(24)28)27-15-7-6-13-25(27)31-29(35)18-22(34)19-30(31)36/h1-16,18-19,34-36H,17H2. The van der Waals surface area contributed by atoms with Crippen molar-refractivity contribution in [2.75, 3.05) is 0 Å². The fourth-order valence-corrected chi connectivity index (χ4v) is 9.73. The van der Waals surface area contributed by atoms with Gasteiger partial charge in [0.2, 0.25) is 0 Å². The quantitative estimate of drug-likeness (QED) is 0.157. The van der Waals surface area contributed by atoms with Crippen molar-refractivity contribution in [1.82, 2.24) is 0 Å². The zero-order valence-electron chi connectivity index (χ0n) is 19.3. The molecule has 0 saturated carbocycles. The van der Waals surface area contributed by atoms with E-state index in [0.717, 1.165) is 53.7 Å². The molecule has 0 N–H and O–H groups in total. The molecule has 1 aliphatic rings. The lowest BCUT2D eigenvalue weighted by Gasteiger charge is -2.26. The van der Waals surface area contributed by atoms with E-state index >= 15 is 4.57 Å². The fraction of sp³-hybridized carbons (Fsp3) is 0.0323. The number of thiol groups is 3. The van der Waals surface area contributed by atoms with E-state index in [1.54, 1.807) is 0 Å². The first kappa shape index (κ1) is 23.8. The molecule has 0 radical (unpaired) electrons. The van der Waals surface area contributed by atoms with Crippen molar-refractivity contribution in [2.24, 2.45) is 0 Å². The Labute approximate surface area is 228 Å². The zero-order valence-corrected chi connectivity index (χ0v) is 22.9. The van der Waals surface area contributed by atoms with E-state index in [1.165, 1.54) is 16.7 Å². The topological polar surface area (TPSA) is 17.1 Å². The van der Waals surface area contributed by atoms with Crippen LogP contribution in [0, 0.1) is 0 Å². The van der Waals surface area contributed by atoms with Crippen LogP contribution in [0.2, 0.25) is 0 Å². The summed E-state index contributed by atoms with van der Waals surface area (Å²) in [4.78, 5) is 2.30. The van der Waals surface area contributed by atoms with Gasteiger partial charge >= 0.3 is 0 Å². The van der Waals surface area contributed by atoms with Crippen molar-refractivity contribution >= 4 is 60.9 Å². The molecule has 1 unspecified atom stereocenters. The first-order chi connectivity index (χ1) is 17.5. The van der Waals surface area contributed by atoms with Crippen LogP contribution < -0.4 is 15.9 Å². The van der Waals surface area contributed by atoms with Crippen LogP contribution >= 0.6 is 45.0 Å². The van der Waals surface area contributed by atoms with Crippen LogP contribution in [0.5, 0.6) is 0 Å². The van der Waals surface area contributed by atoms with Crippen molar-refractivity contribution in [2.45, 2.75) is 21.1 Å². The van der Waals surface area contributed by atoms with Gasteiger partial charge in [0.1, 0.15) is 0 Å². The fourth-order valence-electron chi connectivity index (χ4n) is 5.31. The summed E-state index contributed by atoms with van der Waals surface area (Å²) in [5.41, 5.74) is 6.54. The van der Waals surface area contributed by atoms with Gasteiger partial charge in [0.05, 0.1) is 0 Å². The van der Waals surface area contributed by atoms with Crippen LogP contribution in [0.1, 0.15) is 11.1 Å². The lowest BCUT2D eigenvalue weighted by Crippen LogP contribution is -2.28. The largest absolute Gasteiger partial charge is 0.309 e. The molecule has 1 nitrogen and oxygen atoms in total. The lowest BCUT2D eigenvalue weighted by atomic mass is 10.1. The summed E-state index contributed by atoms with van der Waals surface area (Å²) in [6.45, 7) is 0. The SMILES string of the molecule is O=P(c1ccccc1)(c1ccccc1-c1c(S)cc(S)cc1S)c1cccc2c1Cc1ccccc1-2. The molecule has 0 bridgehead atoms. The van der Waals surface area contributed by atoms with Crippen LogP contribution in [-0.4, -0.2) is 0 Å². The summed E-state index contributed by atoms with van der Waals surface area (Å²) in [5.74, 6) is 0. The third kappa shape index (κ3) is 3.79. The van der Waals surface area contributed by atoms with Gasteiger partial charge in [-0.3, -0.25) is 0 Å². The molecule has 1 atom stereocenters. The third-order valence-corrected chi connectivity index (χ3v) is 11.0. The van der Waals surface area contributed by atoms with E-state index in [2.05, 4.69) is 49.0 Å². The molecule has 6 rings (SSSR count). The first-order valence-corrected chi connectivity index (χ1v) is 14.7. The van der Waals surface area contributed by atoms with Crippen molar-refractivity contribution in [1.29, 1.82) is 0 Å². The molecular weight excluding hydrogens is 516 g/mol. The van der Waals surface area contributed by atoms with E-state index in [9.17, 15) is 0 Å². The van der Waals surface area contributed by atoms with Gasteiger partial charge in [-0.15, -0.1) is 37.9 Å². The van der Waals surface area contributed by atoms with Crippen molar-refractivity contribution in [3.63, 3.8) is 0 Å². The maximum absolute atomic E-state index is 15.7. The van der Waals surface area contributed by atoms with E-state index in [1.807, 2.05) is 72.8 Å². The first-order valence-electron chi connectivity index (χ1n) is 11.7. The van der Waals surface area contributed by atoms with E-state index < -0.39 is 7.14 Å². The second kappa shape index (κ2) is 9.36. The van der Waals surface area contributed by atoms with E-state index in [4.69, 9.17) is 25.3 Å². The highest BCUT2D eigenvalue weighted by molar-refractivity contribution is 7.85. The van der Waals surface area contributed by atoms with Gasteiger partial charge in [-0.05, 0) is 46.4 Å². The van der Waals surface area contributed by atoms with E-state index in [0.29, 0.717) is 0 Å². The Hall–Kier alpha value is -2.62. The minimum Gasteiger partial charge on any atom is -0.309 e. The Morgan fingerprint density at radius 1 is 0.583 bits per heavy atom. The molecule has 0 amide bonds. The molecular formula is C31H23OPS3. The molecule has 1 aliphatic carbocycles. The van der Waals surface area contributed by atoms with Gasteiger partial charge in [0.15, 0.2) is 7.14 Å². The predicted octanol–water partition coefficient (Wildman–Crippen LogP) is 7.43. The maximum Gasteiger partial charge on any atom is 0.171 e. The Morgan fingerprint density at radius 3 is 1.92 bits per heavy atom. The molecule has 176 valence electrons. The second-order valence-corrected chi connectivity index (χ2v) is 13.1. The summed E-state index contributed by atoms with van der Waals surface area (Å²) in [6, 6.07) is 36.4. The van der Waals surface area contributed by atoms with Crippen LogP contribution in [0.4, 0.5) is 0 Å². The van der Waals surface area contributed by atoms with Crippen molar-refractivity contribution in [3.05, 3.63) is 120 Å². The molecule has 5 heteroatoms. The van der Waals surface area contributed by atoms with Gasteiger partial charge in [0.25, 0.3) is 0 Å². The normalized spacial score (nSPS) is 13.6. The zero-order chi connectivity index (χ0) is 24.9. The van der Waals surface area contributed by atoms with Crippen molar-refractivity contribution < 1.29 is 4.57 Å². The molecule has 0 aromatic heterocycles. The monoisotopic (exact) mass is 538 g/mol. The third-order valence-electron chi connectivity index (χ3n) is 6.88. The number of benzene rings is 5. The van der Waals surface area contributed by atoms with Gasteiger partial charge in [-0.25, -0.2) is 0 Å². The molecule has 5 aromatic rings. The second-order valence-electron chi connectivity index (χ2n) is 8.96. The van der Waals surface area contributed by atoms with Gasteiger partial charge in [-0.2, -0.15) is 0 Å². The average Bonchev–Trinajstić information content (AvgIpc) is 3.27. The highest BCUT2D eigenvalue weighted by Crippen LogP contribution is 2.50. The summed E-state index contributed by atoms with van der Waals surface area (Å²) in [6.07, 6.45) is 0.769. The Kier molecular flexibility index (Phi) is 6.17. The van der Waals surface area contributed by atoms with Gasteiger partial charge in [-0.1, -0.05) is 97.1 Å². The Morgan fingerprint density at radius 2 is 1.17 bits per heavy atom. The van der Waals surface area contributed by atoms with Gasteiger partial charge < -0.3 is 4.57 Å². The lowest BCUT2D eigenvalue weighted by molar-refractivity contribution is 0.592. The van der Waals surface area contributed by atoms with Crippen molar-refractivity contribution in [3.8, 4) is 22.3 Å². The highest BCUT2D eigenvalue weighted by atomic mass is 32.1. The Balaban J connectivity index is 1.68. The summed E-state index contributed by atoms with van der Waals surface area (Å²) in [5, 5.41) is 2.49. The number of rotatable bonds is 4. The maximum atomic E-state index is 15.7. The molecule has 0 aliphatic heterocycles. The molecule has 36 heavy (non-hydrogen) atoms. The molecule has 0 spiro atoms. The molecule has 0 heterocycles. The smallest absolute Gasteiger partial charge is 0.171 e. The molecule has 5 aromatic carbocycles. The van der Waals surface area contributed by atoms with Gasteiger partial charge in [0, 0.05) is 36.2 Å². The highest BCUT2D eigenvalue weighted by Gasteiger charge is 2.36. The molecule has 0 saturated heterocycles. The summed E-state index contributed by atoms with van der Waals surface area (Å²) < 4.78 is 15.7. The number of hydrogen-bond acceptors (Lipinski definition) is 4. The predicted molar refractivity (Wildman–Crippen MR) is 161 cm³/mol. The van der Waals surface area contributed by atoms with Crippen LogP contribution in [0.3, 0.4) is 0 Å². The van der Waals surface area contributed by atoms with Crippen LogP contribution in [0.15, 0.2) is 124 Å². The van der Waals surface area contributed by atoms with Crippen LogP contribution in [-0.2, 0) is 11.0 Å². The summed E-state index contributed by atoms with van der Waals surface area (Å²) in [7, 11) is -3.29. The number of hydrogen-bond donors (Lipinski definition) is 3. The van der Waals surface area contributed by atoms with E-state index in [-0.39, 0.29) is 0 Å². The Bertz CT molecular complexity index is 1650. The number of fused-ring (bicyclic) bond motifs is 3. The molecule has 0 fully saturated rings. The average molecular weight is 539 g/mol. The minimum absolute atomic E-state index is 0.755. The van der Waals surface area contributed by atoms with Crippen LogP contribution in [0.25, 0.3) is 22.3 Å². The summed E-state index contributed by atoms with van der Waals surface area (Å²) >= 11 is 14.1. The minimum atomic E-state index is -3.29.